The van der Waals surface area contributed by atoms with E-state index in [1.165, 1.54) is 7.05 Å². The molecule has 0 bridgehead atoms. The van der Waals surface area contributed by atoms with E-state index in [1.54, 1.807) is 17.8 Å². The fourth-order valence-electron chi connectivity index (χ4n) is 3.45. The van der Waals surface area contributed by atoms with Crippen LogP contribution < -0.4 is 11.1 Å². The Morgan fingerprint density at radius 3 is 2.56 bits per heavy atom. The molecule has 3 rings (SSSR count). The molecule has 1 amide bonds. The predicted octanol–water partition coefficient (Wildman–Crippen LogP) is 3.88. The number of halogens is 2. The molecule has 0 spiro atoms. The van der Waals surface area contributed by atoms with Gasteiger partial charge in [-0.15, -0.1) is 0 Å². The molecule has 0 saturated heterocycles. The van der Waals surface area contributed by atoms with Gasteiger partial charge in [0.1, 0.15) is 5.60 Å². The molecule has 1 aliphatic carbocycles. The SMILES string of the molecule is CNC(=O)OC(C)(C)C.COCC(N)c1cnn2cc(CC3CCC(F)(F)CC3)nc2c1. The van der Waals surface area contributed by atoms with Crippen molar-refractivity contribution in [3.05, 3.63) is 29.7 Å². The number of alkyl halides is 2. The first kappa shape index (κ1) is 25.9. The summed E-state index contributed by atoms with van der Waals surface area (Å²) in [6.45, 7) is 5.88. The second-order valence-corrected chi connectivity index (χ2v) is 9.14. The van der Waals surface area contributed by atoms with Crippen molar-refractivity contribution in [1.29, 1.82) is 0 Å². The number of aromatic nitrogens is 3. The van der Waals surface area contributed by atoms with Gasteiger partial charge in [-0.05, 0) is 57.6 Å². The Morgan fingerprint density at radius 1 is 1.38 bits per heavy atom. The molecular weight excluding hydrogens is 420 g/mol. The zero-order valence-electron chi connectivity index (χ0n) is 19.5. The number of rotatable bonds is 5. The summed E-state index contributed by atoms with van der Waals surface area (Å²) in [4.78, 5) is 15.1. The Kier molecular flexibility index (Phi) is 8.91. The molecule has 1 unspecified atom stereocenters. The molecular formula is C22H35F2N5O3. The zero-order chi connectivity index (χ0) is 23.9. The highest BCUT2D eigenvalue weighted by Crippen LogP contribution is 2.37. The van der Waals surface area contributed by atoms with Crippen LogP contribution in [0.2, 0.25) is 0 Å². The van der Waals surface area contributed by atoms with Crippen LogP contribution in [0.5, 0.6) is 0 Å². The van der Waals surface area contributed by atoms with Crippen LogP contribution in [0.15, 0.2) is 18.5 Å². The Hall–Kier alpha value is -2.33. The van der Waals surface area contributed by atoms with Gasteiger partial charge in [0.25, 0.3) is 0 Å². The number of alkyl carbamates (subject to hydrolysis) is 1. The van der Waals surface area contributed by atoms with E-state index in [2.05, 4.69) is 15.4 Å². The molecule has 1 fully saturated rings. The lowest BCUT2D eigenvalue weighted by molar-refractivity contribution is -0.0457. The van der Waals surface area contributed by atoms with Gasteiger partial charge in [-0.3, -0.25) is 0 Å². The quantitative estimate of drug-likeness (QED) is 0.709. The number of fused-ring (bicyclic) bond motifs is 1. The second kappa shape index (κ2) is 11.0. The van der Waals surface area contributed by atoms with Gasteiger partial charge < -0.3 is 20.5 Å². The third-order valence-electron chi connectivity index (χ3n) is 5.10. The number of nitrogens with zero attached hydrogens (tertiary/aromatic N) is 3. The first-order valence-electron chi connectivity index (χ1n) is 10.8. The minimum absolute atomic E-state index is 0.0146. The predicted molar refractivity (Wildman–Crippen MR) is 118 cm³/mol. The van der Waals surface area contributed by atoms with Crippen LogP contribution in [0.25, 0.3) is 5.65 Å². The van der Waals surface area contributed by atoms with Gasteiger partial charge >= 0.3 is 6.09 Å². The average molecular weight is 456 g/mol. The van der Waals surface area contributed by atoms with Gasteiger partial charge in [-0.2, -0.15) is 5.10 Å². The molecule has 1 saturated carbocycles. The van der Waals surface area contributed by atoms with Gasteiger partial charge in [-0.1, -0.05) is 0 Å². The maximum Gasteiger partial charge on any atom is 0.407 e. The van der Waals surface area contributed by atoms with E-state index in [4.69, 9.17) is 15.2 Å². The summed E-state index contributed by atoms with van der Waals surface area (Å²) in [5.41, 5.74) is 8.11. The number of carbonyl (C=O) groups excluding carboxylic acids is 1. The number of hydrogen-bond acceptors (Lipinski definition) is 6. The van der Waals surface area contributed by atoms with Crippen LogP contribution in [0.3, 0.4) is 0 Å². The summed E-state index contributed by atoms with van der Waals surface area (Å²) < 4.78 is 38.0. The second-order valence-electron chi connectivity index (χ2n) is 9.14. The van der Waals surface area contributed by atoms with E-state index in [1.807, 2.05) is 33.0 Å². The summed E-state index contributed by atoms with van der Waals surface area (Å²) >= 11 is 0. The molecule has 3 N–H and O–H groups in total. The monoisotopic (exact) mass is 455 g/mol. The van der Waals surface area contributed by atoms with E-state index < -0.39 is 5.92 Å². The van der Waals surface area contributed by atoms with Crippen LogP contribution >= 0.6 is 0 Å². The van der Waals surface area contributed by atoms with Gasteiger partial charge in [0.2, 0.25) is 5.92 Å². The van der Waals surface area contributed by atoms with Crippen molar-refractivity contribution in [1.82, 2.24) is 19.9 Å². The molecule has 1 atom stereocenters. The summed E-state index contributed by atoms with van der Waals surface area (Å²) in [6.07, 6.45) is 4.99. The first-order valence-corrected chi connectivity index (χ1v) is 10.8. The Bertz CT molecular complexity index is 872. The lowest BCUT2D eigenvalue weighted by Gasteiger charge is -2.27. The topological polar surface area (TPSA) is 104 Å². The minimum Gasteiger partial charge on any atom is -0.444 e. The van der Waals surface area contributed by atoms with Crippen molar-refractivity contribution >= 4 is 11.7 Å². The molecule has 0 aromatic carbocycles. The Balaban J connectivity index is 0.000000344. The fraction of sp³-hybridized carbons (Fsp3) is 0.682. The summed E-state index contributed by atoms with van der Waals surface area (Å²) in [5.74, 6) is -2.21. The summed E-state index contributed by atoms with van der Waals surface area (Å²) in [5, 5.41) is 6.68. The van der Waals surface area contributed by atoms with Crippen molar-refractivity contribution < 1.29 is 23.0 Å². The third kappa shape index (κ3) is 8.31. The fourth-order valence-corrected chi connectivity index (χ4v) is 3.45. The van der Waals surface area contributed by atoms with Crippen LogP contribution in [0.1, 0.15) is 63.8 Å². The molecule has 2 heterocycles. The molecule has 32 heavy (non-hydrogen) atoms. The number of methoxy groups -OCH3 is 1. The van der Waals surface area contributed by atoms with Crippen molar-refractivity contribution in [3.63, 3.8) is 0 Å². The average Bonchev–Trinajstić information content (AvgIpc) is 3.10. The highest BCUT2D eigenvalue weighted by molar-refractivity contribution is 5.67. The smallest absolute Gasteiger partial charge is 0.407 e. The molecule has 8 nitrogen and oxygen atoms in total. The van der Waals surface area contributed by atoms with Crippen LogP contribution in [-0.4, -0.2) is 53.0 Å². The van der Waals surface area contributed by atoms with Crippen LogP contribution in [0.4, 0.5) is 13.6 Å². The number of nitrogens with one attached hydrogen (secondary N) is 1. The highest BCUT2D eigenvalue weighted by Gasteiger charge is 2.35. The maximum absolute atomic E-state index is 13.2. The van der Waals surface area contributed by atoms with E-state index in [9.17, 15) is 13.6 Å². The summed E-state index contributed by atoms with van der Waals surface area (Å²) in [6, 6.07) is 1.66. The number of nitrogens with two attached hydrogens (primary N) is 1. The number of ether oxygens (including phenoxy) is 2. The molecule has 2 aromatic rings. The Labute approximate surface area is 187 Å². The standard InChI is InChI=1S/C16H22F2N4O.C6H13NO2/c1-23-10-14(19)12-7-15-21-13(9-22(15)20-8-12)6-11-2-4-16(17,18)5-3-11;1-6(2,3)9-5(8)7-4/h7-9,11,14H,2-6,10,19H2,1H3;1-4H3,(H,7,8). The normalized spacial score (nSPS) is 17.4. The number of carbonyl (C=O) groups is 1. The van der Waals surface area contributed by atoms with E-state index in [0.717, 1.165) is 23.3 Å². The van der Waals surface area contributed by atoms with Crippen LogP contribution in [-0.2, 0) is 15.9 Å². The molecule has 1 aliphatic rings. The van der Waals surface area contributed by atoms with Gasteiger partial charge in [0.05, 0.1) is 30.7 Å². The van der Waals surface area contributed by atoms with E-state index in [0.29, 0.717) is 19.4 Å². The van der Waals surface area contributed by atoms with Crippen molar-refractivity contribution in [2.24, 2.45) is 11.7 Å². The van der Waals surface area contributed by atoms with Gasteiger partial charge in [0, 0.05) is 27.0 Å². The largest absolute Gasteiger partial charge is 0.444 e. The first-order chi connectivity index (χ1) is 14.9. The summed E-state index contributed by atoms with van der Waals surface area (Å²) in [7, 11) is 3.14. The third-order valence-corrected chi connectivity index (χ3v) is 5.10. The van der Waals surface area contributed by atoms with Gasteiger partial charge in [0.15, 0.2) is 5.65 Å². The lowest BCUT2D eigenvalue weighted by atomic mass is 9.84. The number of amides is 1. The highest BCUT2D eigenvalue weighted by atomic mass is 19.3. The molecule has 10 heteroatoms. The van der Waals surface area contributed by atoms with E-state index >= 15 is 0 Å². The minimum atomic E-state index is -2.48. The lowest BCUT2D eigenvalue weighted by Crippen LogP contribution is -2.30. The zero-order valence-corrected chi connectivity index (χ0v) is 19.5. The van der Waals surface area contributed by atoms with Crippen LogP contribution in [0, 0.1) is 5.92 Å². The maximum atomic E-state index is 13.2. The number of hydrogen-bond donors (Lipinski definition) is 2. The Morgan fingerprint density at radius 2 is 2.03 bits per heavy atom. The van der Waals surface area contributed by atoms with Crippen molar-refractivity contribution in [3.8, 4) is 0 Å². The molecule has 0 aliphatic heterocycles. The van der Waals surface area contributed by atoms with Crippen molar-refractivity contribution in [2.75, 3.05) is 20.8 Å². The van der Waals surface area contributed by atoms with E-state index in [-0.39, 0.29) is 36.5 Å². The van der Waals surface area contributed by atoms with Crippen molar-refractivity contribution in [2.45, 2.75) is 70.4 Å². The number of imidazole rings is 1. The molecule has 180 valence electrons. The molecule has 2 aromatic heterocycles. The molecule has 0 radical (unpaired) electrons. The van der Waals surface area contributed by atoms with Gasteiger partial charge in [-0.25, -0.2) is 23.1 Å².